The average Bonchev–Trinajstić information content (AvgIpc) is 2.97. The molecule has 3 rings (SSSR count). The maximum Gasteiger partial charge on any atom is 0.273 e. The number of benzene rings is 2. The number of nitrogens with one attached hydrogen (secondary N) is 2. The van der Waals surface area contributed by atoms with Gasteiger partial charge in [0.25, 0.3) is 5.91 Å². The zero-order chi connectivity index (χ0) is 21.1. The molecule has 0 aliphatic rings. The Labute approximate surface area is 177 Å². The Hall–Kier alpha value is -3.03. The third-order valence-electron chi connectivity index (χ3n) is 4.37. The Morgan fingerprint density at radius 3 is 2.38 bits per heavy atom. The molecule has 0 saturated heterocycles. The SMILES string of the molecule is Cc1nn(-c2ccc(Cl)cc2)c(C)c1CC(=O)NNC(=O)c1cc(Cl)ccc1O. The molecule has 3 N–H and O–H groups in total. The number of phenolic OH excluding ortho intramolecular Hbond substituents is 1. The summed E-state index contributed by atoms with van der Waals surface area (Å²) in [4.78, 5) is 24.5. The maximum atomic E-state index is 12.3. The van der Waals surface area contributed by atoms with E-state index in [1.165, 1.54) is 18.2 Å². The molecule has 0 radical (unpaired) electrons. The number of aromatic nitrogens is 2. The predicted octanol–water partition coefficient (Wildman–Crippen LogP) is 3.51. The van der Waals surface area contributed by atoms with E-state index in [0.717, 1.165) is 16.9 Å². The summed E-state index contributed by atoms with van der Waals surface area (Å²) in [5.74, 6) is -1.34. The number of nitrogens with zero attached hydrogens (tertiary/aromatic N) is 2. The van der Waals surface area contributed by atoms with Gasteiger partial charge in [0.1, 0.15) is 5.75 Å². The summed E-state index contributed by atoms with van der Waals surface area (Å²) in [5.41, 5.74) is 7.65. The van der Waals surface area contributed by atoms with E-state index in [1.807, 2.05) is 26.0 Å². The number of phenols is 1. The van der Waals surface area contributed by atoms with Crippen LogP contribution < -0.4 is 10.9 Å². The van der Waals surface area contributed by atoms with Crippen LogP contribution in [0.15, 0.2) is 42.5 Å². The molecular weight excluding hydrogens is 415 g/mol. The first kappa shape index (κ1) is 20.7. The number of carbonyl (C=O) groups is 2. The van der Waals surface area contributed by atoms with Gasteiger partial charge in [0.15, 0.2) is 0 Å². The van der Waals surface area contributed by atoms with Crippen molar-refractivity contribution in [3.8, 4) is 11.4 Å². The summed E-state index contributed by atoms with van der Waals surface area (Å²) in [5, 5.41) is 15.2. The Morgan fingerprint density at radius 2 is 1.69 bits per heavy atom. The molecule has 1 heterocycles. The standard InChI is InChI=1S/C20H18Cl2N4O3/c1-11-16(12(2)26(25-11)15-6-3-13(21)4-7-15)10-19(28)23-24-20(29)17-9-14(22)5-8-18(17)27/h3-9,27H,10H2,1-2H3,(H,23,28)(H,24,29). The molecule has 150 valence electrons. The number of hydrazine groups is 1. The van der Waals surface area contributed by atoms with Crippen molar-refractivity contribution in [3.05, 3.63) is 75.0 Å². The molecular formula is C20H18Cl2N4O3. The molecule has 0 saturated carbocycles. The van der Waals surface area contributed by atoms with Crippen LogP contribution in [-0.2, 0) is 11.2 Å². The number of aromatic hydroxyl groups is 1. The van der Waals surface area contributed by atoms with Crippen LogP contribution in [0.1, 0.15) is 27.3 Å². The highest BCUT2D eigenvalue weighted by atomic mass is 35.5. The number of amides is 2. The van der Waals surface area contributed by atoms with E-state index in [9.17, 15) is 14.7 Å². The molecule has 0 fully saturated rings. The van der Waals surface area contributed by atoms with Crippen molar-refractivity contribution in [3.63, 3.8) is 0 Å². The molecule has 1 aromatic heterocycles. The van der Waals surface area contributed by atoms with Crippen LogP contribution in [-0.4, -0.2) is 26.7 Å². The predicted molar refractivity (Wildman–Crippen MR) is 110 cm³/mol. The smallest absolute Gasteiger partial charge is 0.273 e. The minimum Gasteiger partial charge on any atom is -0.507 e. The second kappa shape index (κ2) is 8.55. The highest BCUT2D eigenvalue weighted by Gasteiger charge is 2.17. The largest absolute Gasteiger partial charge is 0.507 e. The van der Waals surface area contributed by atoms with Crippen LogP contribution in [0.3, 0.4) is 0 Å². The van der Waals surface area contributed by atoms with E-state index in [4.69, 9.17) is 23.2 Å². The summed E-state index contributed by atoms with van der Waals surface area (Å²) >= 11 is 11.8. The monoisotopic (exact) mass is 432 g/mol. The van der Waals surface area contributed by atoms with Gasteiger partial charge < -0.3 is 5.11 Å². The normalized spacial score (nSPS) is 10.6. The fourth-order valence-electron chi connectivity index (χ4n) is 2.85. The summed E-state index contributed by atoms with van der Waals surface area (Å²) in [7, 11) is 0. The lowest BCUT2D eigenvalue weighted by atomic mass is 10.1. The van der Waals surface area contributed by atoms with Gasteiger partial charge in [0.2, 0.25) is 5.91 Å². The fourth-order valence-corrected chi connectivity index (χ4v) is 3.15. The molecule has 0 spiro atoms. The fraction of sp³-hybridized carbons (Fsp3) is 0.150. The molecule has 2 amide bonds. The summed E-state index contributed by atoms with van der Waals surface area (Å²) < 4.78 is 1.73. The van der Waals surface area contributed by atoms with Crippen molar-refractivity contribution < 1.29 is 14.7 Å². The van der Waals surface area contributed by atoms with Crippen LogP contribution in [0, 0.1) is 13.8 Å². The molecule has 9 heteroatoms. The molecule has 3 aromatic rings. The number of hydrogen-bond donors (Lipinski definition) is 3. The van der Waals surface area contributed by atoms with Gasteiger partial charge in [-0.3, -0.25) is 20.4 Å². The van der Waals surface area contributed by atoms with Crippen LogP contribution in [0.5, 0.6) is 5.75 Å². The Kier molecular flexibility index (Phi) is 6.10. The van der Waals surface area contributed by atoms with Gasteiger partial charge in [-0.05, 0) is 56.3 Å². The van der Waals surface area contributed by atoms with Gasteiger partial charge in [-0.15, -0.1) is 0 Å². The van der Waals surface area contributed by atoms with Gasteiger partial charge in [-0.2, -0.15) is 5.10 Å². The van der Waals surface area contributed by atoms with Gasteiger partial charge in [0.05, 0.1) is 23.4 Å². The number of halogens is 2. The zero-order valence-corrected chi connectivity index (χ0v) is 17.2. The highest BCUT2D eigenvalue weighted by molar-refractivity contribution is 6.31. The first-order chi connectivity index (χ1) is 13.8. The van der Waals surface area contributed by atoms with E-state index >= 15 is 0 Å². The third kappa shape index (κ3) is 4.70. The van der Waals surface area contributed by atoms with Crippen molar-refractivity contribution in [2.24, 2.45) is 0 Å². The van der Waals surface area contributed by atoms with Crippen LogP contribution in [0.4, 0.5) is 0 Å². The molecule has 0 atom stereocenters. The molecule has 0 bridgehead atoms. The number of aryl methyl sites for hydroxylation is 1. The molecule has 7 nitrogen and oxygen atoms in total. The number of rotatable bonds is 4. The van der Waals surface area contributed by atoms with Crippen LogP contribution in [0.25, 0.3) is 5.69 Å². The lowest BCUT2D eigenvalue weighted by molar-refractivity contribution is -0.121. The minimum absolute atomic E-state index is 0.0209. The summed E-state index contributed by atoms with van der Waals surface area (Å²) in [6.07, 6.45) is 0.0209. The van der Waals surface area contributed by atoms with Crippen molar-refractivity contribution in [1.29, 1.82) is 0 Å². The minimum atomic E-state index is -0.677. The second-order valence-electron chi connectivity index (χ2n) is 6.38. The topological polar surface area (TPSA) is 96.3 Å². The Morgan fingerprint density at radius 1 is 1.03 bits per heavy atom. The lowest BCUT2D eigenvalue weighted by Gasteiger charge is -2.09. The van der Waals surface area contributed by atoms with E-state index < -0.39 is 11.8 Å². The highest BCUT2D eigenvalue weighted by Crippen LogP contribution is 2.22. The van der Waals surface area contributed by atoms with Gasteiger partial charge in [0, 0.05) is 21.3 Å². The van der Waals surface area contributed by atoms with E-state index in [2.05, 4.69) is 16.0 Å². The van der Waals surface area contributed by atoms with Gasteiger partial charge in [-0.25, -0.2) is 4.68 Å². The van der Waals surface area contributed by atoms with Crippen LogP contribution in [0.2, 0.25) is 10.0 Å². The lowest BCUT2D eigenvalue weighted by Crippen LogP contribution is -2.42. The Balaban J connectivity index is 1.69. The Bertz CT molecular complexity index is 1080. The molecule has 29 heavy (non-hydrogen) atoms. The van der Waals surface area contributed by atoms with Crippen LogP contribution >= 0.6 is 23.2 Å². The zero-order valence-electron chi connectivity index (χ0n) is 15.7. The summed E-state index contributed by atoms with van der Waals surface area (Å²) in [6, 6.07) is 11.3. The quantitative estimate of drug-likeness (QED) is 0.549. The molecule has 0 aliphatic heterocycles. The van der Waals surface area contributed by atoms with E-state index in [1.54, 1.807) is 16.8 Å². The van der Waals surface area contributed by atoms with Gasteiger partial charge >= 0.3 is 0 Å². The number of hydrogen-bond acceptors (Lipinski definition) is 4. The van der Waals surface area contributed by atoms with Crippen molar-refractivity contribution >= 4 is 35.0 Å². The molecule has 0 unspecified atom stereocenters. The maximum absolute atomic E-state index is 12.3. The van der Waals surface area contributed by atoms with E-state index in [0.29, 0.717) is 15.7 Å². The first-order valence-corrected chi connectivity index (χ1v) is 9.40. The first-order valence-electron chi connectivity index (χ1n) is 8.65. The second-order valence-corrected chi connectivity index (χ2v) is 7.25. The number of carbonyl (C=O) groups excluding carboxylic acids is 2. The van der Waals surface area contributed by atoms with Crippen molar-refractivity contribution in [2.75, 3.05) is 0 Å². The average molecular weight is 433 g/mol. The molecule has 2 aromatic carbocycles. The van der Waals surface area contributed by atoms with Crippen molar-refractivity contribution in [2.45, 2.75) is 20.3 Å². The van der Waals surface area contributed by atoms with E-state index in [-0.39, 0.29) is 17.7 Å². The summed E-state index contributed by atoms with van der Waals surface area (Å²) in [6.45, 7) is 3.67. The molecule has 0 aliphatic carbocycles. The van der Waals surface area contributed by atoms with Gasteiger partial charge in [-0.1, -0.05) is 23.2 Å². The van der Waals surface area contributed by atoms with Crippen molar-refractivity contribution in [1.82, 2.24) is 20.6 Å². The third-order valence-corrected chi connectivity index (χ3v) is 4.86.